The first-order valence-corrected chi connectivity index (χ1v) is 7.29. The minimum atomic E-state index is -0.263. The number of nitrogens with zero attached hydrogens (tertiary/aromatic N) is 1. The van der Waals surface area contributed by atoms with Crippen LogP contribution in [0, 0.1) is 0 Å². The average molecular weight is 304 g/mol. The second kappa shape index (κ2) is 6.75. The van der Waals surface area contributed by atoms with Gasteiger partial charge in [-0.1, -0.05) is 30.3 Å². The van der Waals surface area contributed by atoms with E-state index in [1.54, 1.807) is 24.5 Å². The molecule has 1 aromatic heterocycles. The van der Waals surface area contributed by atoms with Crippen molar-refractivity contribution in [2.45, 2.75) is 6.04 Å². The van der Waals surface area contributed by atoms with Crippen molar-refractivity contribution in [3.8, 4) is 5.75 Å². The van der Waals surface area contributed by atoms with E-state index in [2.05, 4.69) is 10.3 Å². The molecule has 0 aliphatic heterocycles. The number of benzene rings is 2. The maximum atomic E-state index is 12.5. The van der Waals surface area contributed by atoms with E-state index in [1.165, 1.54) is 12.1 Å². The molecule has 0 fully saturated rings. The van der Waals surface area contributed by atoms with Gasteiger partial charge in [0.25, 0.3) is 5.91 Å². The van der Waals surface area contributed by atoms with Gasteiger partial charge in [-0.25, -0.2) is 0 Å². The highest BCUT2D eigenvalue weighted by Crippen LogP contribution is 2.22. The van der Waals surface area contributed by atoms with Gasteiger partial charge in [-0.3, -0.25) is 9.78 Å². The summed E-state index contributed by atoms with van der Waals surface area (Å²) in [7, 11) is 0. The Bertz CT molecular complexity index is 732. The van der Waals surface area contributed by atoms with Crippen molar-refractivity contribution < 1.29 is 9.90 Å². The number of amides is 1. The molecule has 1 heterocycles. The summed E-state index contributed by atoms with van der Waals surface area (Å²) in [5, 5.41) is 12.4. The van der Waals surface area contributed by atoms with Crippen molar-refractivity contribution in [3.05, 3.63) is 95.8 Å². The number of aromatic nitrogens is 1. The Morgan fingerprint density at radius 2 is 1.48 bits per heavy atom. The second-order valence-electron chi connectivity index (χ2n) is 5.14. The number of nitrogens with one attached hydrogen (secondary N) is 1. The lowest BCUT2D eigenvalue weighted by Gasteiger charge is -2.19. The van der Waals surface area contributed by atoms with Crippen LogP contribution >= 0.6 is 0 Å². The standard InChI is InChI=1S/C19H16N2O2/c22-17-8-6-16(7-9-17)19(23)21-18(14-4-2-1-3-5-14)15-10-12-20-13-11-15/h1-13,18,22H,(H,21,23). The maximum Gasteiger partial charge on any atom is 0.252 e. The SMILES string of the molecule is O=C(NC(c1ccccc1)c1ccncc1)c1ccc(O)cc1. The van der Waals surface area contributed by atoms with Crippen molar-refractivity contribution in [2.75, 3.05) is 0 Å². The van der Waals surface area contributed by atoms with Crippen LogP contribution in [-0.4, -0.2) is 16.0 Å². The molecule has 2 N–H and O–H groups in total. The number of phenols is 1. The van der Waals surface area contributed by atoms with Crippen molar-refractivity contribution in [1.29, 1.82) is 0 Å². The Balaban J connectivity index is 1.90. The van der Waals surface area contributed by atoms with E-state index >= 15 is 0 Å². The van der Waals surface area contributed by atoms with E-state index in [0.717, 1.165) is 11.1 Å². The van der Waals surface area contributed by atoms with Crippen LogP contribution in [0.3, 0.4) is 0 Å². The molecule has 0 aliphatic rings. The molecule has 0 bridgehead atoms. The predicted molar refractivity (Wildman–Crippen MR) is 88.1 cm³/mol. The van der Waals surface area contributed by atoms with Crippen LogP contribution in [0.15, 0.2) is 79.1 Å². The number of carbonyl (C=O) groups is 1. The third kappa shape index (κ3) is 3.55. The van der Waals surface area contributed by atoms with E-state index in [0.29, 0.717) is 5.56 Å². The van der Waals surface area contributed by atoms with Gasteiger partial charge in [0.05, 0.1) is 6.04 Å². The molecule has 3 rings (SSSR count). The zero-order valence-corrected chi connectivity index (χ0v) is 12.4. The average Bonchev–Trinajstić information content (AvgIpc) is 2.61. The van der Waals surface area contributed by atoms with Crippen LogP contribution in [-0.2, 0) is 0 Å². The Morgan fingerprint density at radius 3 is 2.13 bits per heavy atom. The topological polar surface area (TPSA) is 62.2 Å². The third-order valence-electron chi connectivity index (χ3n) is 3.58. The zero-order chi connectivity index (χ0) is 16.1. The fraction of sp³-hybridized carbons (Fsp3) is 0.0526. The summed E-state index contributed by atoms with van der Waals surface area (Å²) in [4.78, 5) is 16.5. The Kier molecular flexibility index (Phi) is 4.34. The first-order chi connectivity index (χ1) is 11.2. The molecule has 4 heteroatoms. The third-order valence-corrected chi connectivity index (χ3v) is 3.58. The Morgan fingerprint density at radius 1 is 0.870 bits per heavy atom. The maximum absolute atomic E-state index is 12.5. The van der Waals surface area contributed by atoms with Crippen molar-refractivity contribution in [3.63, 3.8) is 0 Å². The number of aromatic hydroxyl groups is 1. The van der Waals surface area contributed by atoms with Gasteiger partial charge in [-0.15, -0.1) is 0 Å². The molecule has 0 aliphatic carbocycles. The molecule has 1 atom stereocenters. The van der Waals surface area contributed by atoms with Crippen molar-refractivity contribution >= 4 is 5.91 Å². The number of pyridine rings is 1. The number of carbonyl (C=O) groups excluding carboxylic acids is 1. The Labute approximate surface area is 134 Å². The molecule has 3 aromatic rings. The molecule has 0 radical (unpaired) electrons. The molecular formula is C19H16N2O2. The van der Waals surface area contributed by atoms with Crippen LogP contribution in [0.2, 0.25) is 0 Å². The summed E-state index contributed by atoms with van der Waals surface area (Å²) >= 11 is 0. The summed E-state index contributed by atoms with van der Waals surface area (Å²) in [6.07, 6.45) is 3.41. The minimum Gasteiger partial charge on any atom is -0.508 e. The van der Waals surface area contributed by atoms with Gasteiger partial charge in [0, 0.05) is 18.0 Å². The van der Waals surface area contributed by atoms with Gasteiger partial charge in [0.15, 0.2) is 0 Å². The number of rotatable bonds is 4. The Hall–Kier alpha value is -3.14. The number of hydrogen-bond acceptors (Lipinski definition) is 3. The van der Waals surface area contributed by atoms with E-state index in [9.17, 15) is 9.90 Å². The van der Waals surface area contributed by atoms with E-state index < -0.39 is 0 Å². The van der Waals surface area contributed by atoms with Crippen LogP contribution < -0.4 is 5.32 Å². The van der Waals surface area contributed by atoms with Gasteiger partial charge in [0.1, 0.15) is 5.75 Å². The van der Waals surface area contributed by atoms with E-state index in [1.807, 2.05) is 42.5 Å². The highest BCUT2D eigenvalue weighted by Gasteiger charge is 2.17. The van der Waals surface area contributed by atoms with Crippen molar-refractivity contribution in [1.82, 2.24) is 10.3 Å². The normalized spacial score (nSPS) is 11.7. The van der Waals surface area contributed by atoms with Gasteiger partial charge < -0.3 is 10.4 Å². The summed E-state index contributed by atoms with van der Waals surface area (Å²) in [5.74, 6) is -0.0639. The van der Waals surface area contributed by atoms with Gasteiger partial charge in [0.2, 0.25) is 0 Å². The van der Waals surface area contributed by atoms with E-state index in [4.69, 9.17) is 0 Å². The number of phenolic OH excluding ortho intramolecular Hbond substituents is 1. The number of hydrogen-bond donors (Lipinski definition) is 2. The summed E-state index contributed by atoms with van der Waals surface area (Å²) in [6.45, 7) is 0. The van der Waals surface area contributed by atoms with Gasteiger partial charge in [-0.2, -0.15) is 0 Å². The van der Waals surface area contributed by atoms with Crippen molar-refractivity contribution in [2.24, 2.45) is 0 Å². The van der Waals surface area contributed by atoms with Crippen LogP contribution in [0.4, 0.5) is 0 Å². The molecule has 4 nitrogen and oxygen atoms in total. The quantitative estimate of drug-likeness (QED) is 0.777. The first-order valence-electron chi connectivity index (χ1n) is 7.29. The van der Waals surface area contributed by atoms with Gasteiger partial charge in [-0.05, 0) is 47.5 Å². The lowest BCUT2D eigenvalue weighted by atomic mass is 9.99. The lowest BCUT2D eigenvalue weighted by molar-refractivity contribution is 0.0943. The first kappa shape index (κ1) is 14.8. The smallest absolute Gasteiger partial charge is 0.252 e. The van der Waals surface area contributed by atoms with Gasteiger partial charge >= 0.3 is 0 Å². The molecule has 114 valence electrons. The monoisotopic (exact) mass is 304 g/mol. The molecule has 0 saturated heterocycles. The molecule has 0 spiro atoms. The molecule has 2 aromatic carbocycles. The second-order valence-corrected chi connectivity index (χ2v) is 5.14. The predicted octanol–water partition coefficient (Wildman–Crippen LogP) is 3.31. The molecular weight excluding hydrogens is 288 g/mol. The van der Waals surface area contributed by atoms with Crippen LogP contribution in [0.5, 0.6) is 5.75 Å². The highest BCUT2D eigenvalue weighted by atomic mass is 16.3. The minimum absolute atomic E-state index is 0.135. The molecule has 1 unspecified atom stereocenters. The zero-order valence-electron chi connectivity index (χ0n) is 12.4. The molecule has 0 saturated carbocycles. The largest absolute Gasteiger partial charge is 0.508 e. The van der Waals surface area contributed by atoms with Crippen LogP contribution in [0.25, 0.3) is 0 Å². The molecule has 23 heavy (non-hydrogen) atoms. The van der Waals surface area contributed by atoms with Crippen LogP contribution in [0.1, 0.15) is 27.5 Å². The summed E-state index contributed by atoms with van der Waals surface area (Å²) in [5.41, 5.74) is 2.45. The van der Waals surface area contributed by atoms with E-state index in [-0.39, 0.29) is 17.7 Å². The fourth-order valence-corrected chi connectivity index (χ4v) is 2.39. The fourth-order valence-electron chi connectivity index (χ4n) is 2.39. The summed E-state index contributed by atoms with van der Waals surface area (Å²) < 4.78 is 0. The lowest BCUT2D eigenvalue weighted by Crippen LogP contribution is -2.29. The highest BCUT2D eigenvalue weighted by molar-refractivity contribution is 5.94. The summed E-state index contributed by atoms with van der Waals surface area (Å²) in [6, 6.07) is 19.5. The molecule has 1 amide bonds.